The van der Waals surface area contributed by atoms with Crippen molar-refractivity contribution < 1.29 is 0 Å². The standard InChI is InChI=1S/C22H19N3/c23-19-13-11-18(12-14-19)22-24-20(16-7-3-1-4-8-16)15-21(25-22)17-9-5-2-6-10-17/h1-15,20H,23H2,(H,24,25). The SMILES string of the molecule is Nc1ccc(C2=NC(c3ccccc3)C=C(c3ccccc3)N2)cc1. The van der Waals surface area contributed by atoms with Crippen LogP contribution in [0.2, 0.25) is 0 Å². The summed E-state index contributed by atoms with van der Waals surface area (Å²) in [6, 6.07) is 28.4. The van der Waals surface area contributed by atoms with Crippen LogP contribution in [0.5, 0.6) is 0 Å². The van der Waals surface area contributed by atoms with Crippen molar-refractivity contribution in [2.24, 2.45) is 4.99 Å². The van der Waals surface area contributed by atoms with Gasteiger partial charge in [-0.1, -0.05) is 60.7 Å². The highest BCUT2D eigenvalue weighted by atomic mass is 15.0. The Kier molecular flexibility index (Phi) is 4.05. The van der Waals surface area contributed by atoms with Crippen LogP contribution < -0.4 is 11.1 Å². The molecule has 1 aliphatic heterocycles. The lowest BCUT2D eigenvalue weighted by Gasteiger charge is -2.23. The first-order valence-corrected chi connectivity index (χ1v) is 8.32. The number of anilines is 1. The lowest BCUT2D eigenvalue weighted by atomic mass is 10.0. The first kappa shape index (κ1) is 15.2. The largest absolute Gasteiger partial charge is 0.399 e. The first-order valence-electron chi connectivity index (χ1n) is 8.32. The quantitative estimate of drug-likeness (QED) is 0.701. The third-order valence-electron chi connectivity index (χ3n) is 4.26. The third kappa shape index (κ3) is 3.31. The van der Waals surface area contributed by atoms with E-state index in [2.05, 4.69) is 35.7 Å². The Bertz CT molecular complexity index is 911. The van der Waals surface area contributed by atoms with Crippen LogP contribution in [0.4, 0.5) is 5.69 Å². The van der Waals surface area contributed by atoms with Crippen LogP contribution in [-0.2, 0) is 0 Å². The van der Waals surface area contributed by atoms with Crippen molar-refractivity contribution >= 4 is 17.2 Å². The van der Waals surface area contributed by atoms with Crippen molar-refractivity contribution in [3.05, 3.63) is 108 Å². The number of aliphatic imine (C=N–C) groups is 1. The highest BCUT2D eigenvalue weighted by Gasteiger charge is 2.18. The number of nitrogens with two attached hydrogens (primary N) is 1. The summed E-state index contributed by atoms with van der Waals surface area (Å²) in [5.41, 5.74) is 11.0. The number of nitrogen functional groups attached to an aromatic ring is 1. The minimum absolute atomic E-state index is 0.0230. The van der Waals surface area contributed by atoms with E-state index in [-0.39, 0.29) is 6.04 Å². The highest BCUT2D eigenvalue weighted by molar-refractivity contribution is 6.05. The molecule has 0 bridgehead atoms. The zero-order valence-corrected chi connectivity index (χ0v) is 13.8. The highest BCUT2D eigenvalue weighted by Crippen LogP contribution is 2.28. The van der Waals surface area contributed by atoms with Gasteiger partial charge >= 0.3 is 0 Å². The summed E-state index contributed by atoms with van der Waals surface area (Å²) in [6.45, 7) is 0. The molecule has 3 aromatic carbocycles. The monoisotopic (exact) mass is 325 g/mol. The van der Waals surface area contributed by atoms with E-state index < -0.39 is 0 Å². The van der Waals surface area contributed by atoms with Gasteiger partial charge in [0.2, 0.25) is 0 Å². The predicted octanol–water partition coefficient (Wildman–Crippen LogP) is 4.40. The maximum Gasteiger partial charge on any atom is 0.133 e. The molecule has 0 spiro atoms. The lowest BCUT2D eigenvalue weighted by Crippen LogP contribution is -2.27. The van der Waals surface area contributed by atoms with Gasteiger partial charge in [-0.15, -0.1) is 0 Å². The molecule has 3 N–H and O–H groups in total. The molecule has 0 fully saturated rings. The number of benzene rings is 3. The van der Waals surface area contributed by atoms with E-state index >= 15 is 0 Å². The summed E-state index contributed by atoms with van der Waals surface area (Å²) in [5.74, 6) is 0.857. The van der Waals surface area contributed by atoms with Crippen molar-refractivity contribution in [2.75, 3.05) is 5.73 Å². The van der Waals surface area contributed by atoms with Crippen LogP contribution in [0.1, 0.15) is 22.7 Å². The van der Waals surface area contributed by atoms with Gasteiger partial charge in [0.05, 0.1) is 6.04 Å². The van der Waals surface area contributed by atoms with E-state index in [1.165, 1.54) is 5.56 Å². The second kappa shape index (κ2) is 6.65. The number of amidine groups is 1. The molecule has 0 radical (unpaired) electrons. The molecule has 3 nitrogen and oxygen atoms in total. The average molecular weight is 325 g/mol. The summed E-state index contributed by atoms with van der Waals surface area (Å²) in [5, 5.41) is 3.48. The molecule has 0 amide bonds. The molecule has 1 unspecified atom stereocenters. The van der Waals surface area contributed by atoms with E-state index in [0.29, 0.717) is 0 Å². The average Bonchev–Trinajstić information content (AvgIpc) is 2.69. The van der Waals surface area contributed by atoms with Gasteiger partial charge in [-0.25, -0.2) is 0 Å². The molecule has 4 rings (SSSR count). The van der Waals surface area contributed by atoms with Crippen LogP contribution in [0, 0.1) is 0 Å². The van der Waals surface area contributed by atoms with Crippen LogP contribution in [0.15, 0.2) is 96.0 Å². The molecule has 0 aliphatic carbocycles. The molecule has 3 aromatic rings. The van der Waals surface area contributed by atoms with Gasteiger partial charge in [0.15, 0.2) is 0 Å². The van der Waals surface area contributed by atoms with Crippen LogP contribution in [0.3, 0.4) is 0 Å². The Morgan fingerprint density at radius 1 is 0.720 bits per heavy atom. The van der Waals surface area contributed by atoms with Crippen molar-refractivity contribution in [3.8, 4) is 0 Å². The normalized spacial score (nSPS) is 16.6. The number of nitrogens with one attached hydrogen (secondary N) is 1. The summed E-state index contributed by atoms with van der Waals surface area (Å²) in [7, 11) is 0. The van der Waals surface area contributed by atoms with Crippen molar-refractivity contribution in [1.82, 2.24) is 5.32 Å². The lowest BCUT2D eigenvalue weighted by molar-refractivity contribution is 0.880. The van der Waals surface area contributed by atoms with Gasteiger partial charge in [-0.05, 0) is 41.5 Å². The fraction of sp³-hybridized carbons (Fsp3) is 0.0455. The van der Waals surface area contributed by atoms with E-state index in [9.17, 15) is 0 Å². The van der Waals surface area contributed by atoms with Crippen molar-refractivity contribution in [2.45, 2.75) is 6.04 Å². The fourth-order valence-electron chi connectivity index (χ4n) is 2.93. The summed E-state index contributed by atoms with van der Waals surface area (Å²) < 4.78 is 0. The van der Waals surface area contributed by atoms with E-state index in [1.54, 1.807) is 0 Å². The molecule has 0 aromatic heterocycles. The van der Waals surface area contributed by atoms with Gasteiger partial charge in [0.1, 0.15) is 5.84 Å². The Hall–Kier alpha value is -3.33. The minimum atomic E-state index is -0.0230. The maximum atomic E-state index is 5.82. The second-order valence-corrected chi connectivity index (χ2v) is 6.03. The fourth-order valence-corrected chi connectivity index (χ4v) is 2.93. The molecule has 0 saturated heterocycles. The van der Waals surface area contributed by atoms with E-state index in [4.69, 9.17) is 10.7 Å². The molecular formula is C22H19N3. The Balaban J connectivity index is 1.77. The van der Waals surface area contributed by atoms with E-state index in [0.717, 1.165) is 28.3 Å². The molecule has 1 atom stereocenters. The molecule has 25 heavy (non-hydrogen) atoms. The van der Waals surface area contributed by atoms with Gasteiger partial charge in [0.25, 0.3) is 0 Å². The molecule has 1 aliphatic rings. The summed E-state index contributed by atoms with van der Waals surface area (Å²) in [4.78, 5) is 4.92. The zero-order chi connectivity index (χ0) is 17.1. The van der Waals surface area contributed by atoms with Gasteiger partial charge in [-0.3, -0.25) is 4.99 Å². The smallest absolute Gasteiger partial charge is 0.133 e. The topological polar surface area (TPSA) is 50.4 Å². The molecule has 0 saturated carbocycles. The second-order valence-electron chi connectivity index (χ2n) is 6.03. The van der Waals surface area contributed by atoms with E-state index in [1.807, 2.05) is 60.7 Å². The number of hydrogen-bond acceptors (Lipinski definition) is 3. The predicted molar refractivity (Wildman–Crippen MR) is 104 cm³/mol. The third-order valence-corrected chi connectivity index (χ3v) is 4.26. The minimum Gasteiger partial charge on any atom is -0.399 e. The zero-order valence-electron chi connectivity index (χ0n) is 13.8. The van der Waals surface area contributed by atoms with Gasteiger partial charge in [-0.2, -0.15) is 0 Å². The first-order chi connectivity index (χ1) is 12.3. The summed E-state index contributed by atoms with van der Waals surface area (Å²) >= 11 is 0. The number of rotatable bonds is 3. The number of hydrogen-bond donors (Lipinski definition) is 2. The van der Waals surface area contributed by atoms with Crippen LogP contribution in [-0.4, -0.2) is 5.84 Å². The Morgan fingerprint density at radius 2 is 1.36 bits per heavy atom. The van der Waals surface area contributed by atoms with Crippen LogP contribution >= 0.6 is 0 Å². The van der Waals surface area contributed by atoms with Gasteiger partial charge in [0, 0.05) is 16.9 Å². The molecular weight excluding hydrogens is 306 g/mol. The molecule has 3 heteroatoms. The van der Waals surface area contributed by atoms with Crippen LogP contribution in [0.25, 0.3) is 5.70 Å². The maximum absolute atomic E-state index is 5.82. The van der Waals surface area contributed by atoms with Gasteiger partial charge < -0.3 is 11.1 Å². The Labute approximate surface area is 147 Å². The van der Waals surface area contributed by atoms with Crippen molar-refractivity contribution in [1.29, 1.82) is 0 Å². The summed E-state index contributed by atoms with van der Waals surface area (Å²) in [6.07, 6.45) is 2.17. The number of nitrogens with zero attached hydrogens (tertiary/aromatic N) is 1. The molecule has 1 heterocycles. The van der Waals surface area contributed by atoms with Crippen molar-refractivity contribution in [3.63, 3.8) is 0 Å². The molecule has 122 valence electrons. The Morgan fingerprint density at radius 3 is 2.04 bits per heavy atom.